The van der Waals surface area contributed by atoms with Gasteiger partial charge >= 0.3 is 0 Å². The molecule has 2 heteroatoms. The number of hydrogen-bond acceptors (Lipinski definition) is 0. The van der Waals surface area contributed by atoms with E-state index in [1.54, 1.807) is 44.5 Å². The second-order valence-corrected chi connectivity index (χ2v) is 13.6. The fourth-order valence-corrected chi connectivity index (χ4v) is 8.45. The maximum Gasteiger partial charge on any atom is 0.0397 e. The normalized spacial score (nSPS) is 18.6. The molecule has 2 aliphatic carbocycles. The molecular formula is C34H46SiZr. The van der Waals surface area contributed by atoms with E-state index in [4.69, 9.17) is 0 Å². The van der Waals surface area contributed by atoms with Gasteiger partial charge in [0.05, 0.1) is 0 Å². The summed E-state index contributed by atoms with van der Waals surface area (Å²) in [6, 6.07) is 12.3. The topological polar surface area (TPSA) is 0 Å². The van der Waals surface area contributed by atoms with Gasteiger partial charge in [0, 0.05) is 47.6 Å². The van der Waals surface area contributed by atoms with Gasteiger partial charge in [0.1, 0.15) is 0 Å². The molecule has 0 aliphatic heterocycles. The fourth-order valence-electron chi connectivity index (χ4n) is 6.63. The van der Waals surface area contributed by atoms with Crippen LogP contribution in [-0.2, 0) is 26.2 Å². The number of fused-ring (bicyclic) bond motifs is 2. The first-order chi connectivity index (χ1) is 16.5. The van der Waals surface area contributed by atoms with Crippen molar-refractivity contribution in [1.29, 1.82) is 0 Å². The van der Waals surface area contributed by atoms with E-state index < -0.39 is 0 Å². The van der Waals surface area contributed by atoms with E-state index >= 15 is 0 Å². The van der Waals surface area contributed by atoms with Gasteiger partial charge < -0.3 is 0 Å². The molecule has 2 aromatic rings. The van der Waals surface area contributed by atoms with Crippen molar-refractivity contribution < 1.29 is 26.2 Å². The van der Waals surface area contributed by atoms with Crippen molar-refractivity contribution >= 4 is 21.7 Å². The Morgan fingerprint density at radius 1 is 0.583 bits per heavy atom. The molecule has 0 aromatic heterocycles. The molecule has 2 unspecified atom stereocenters. The molecule has 2 aromatic carbocycles. The Kier molecular flexibility index (Phi) is 9.71. The maximum atomic E-state index is 2.52. The Bertz CT molecular complexity index is 1070. The van der Waals surface area contributed by atoms with E-state index in [1.165, 1.54) is 23.2 Å². The van der Waals surface area contributed by atoms with Crippen LogP contribution >= 0.6 is 0 Å². The molecule has 0 saturated heterocycles. The van der Waals surface area contributed by atoms with Gasteiger partial charge in [0.15, 0.2) is 0 Å². The average Bonchev–Trinajstić information content (AvgIpc) is 3.27. The largest absolute Gasteiger partial charge is 0.0655 e. The minimum atomic E-state index is 0. The van der Waals surface area contributed by atoms with Gasteiger partial charge in [0.25, 0.3) is 0 Å². The van der Waals surface area contributed by atoms with Crippen LogP contribution in [0.15, 0.2) is 35.4 Å². The summed E-state index contributed by atoms with van der Waals surface area (Å²) in [6.07, 6.45) is 5.04. The van der Waals surface area contributed by atoms with Gasteiger partial charge in [-0.1, -0.05) is 115 Å². The van der Waals surface area contributed by atoms with E-state index in [9.17, 15) is 0 Å². The molecule has 36 heavy (non-hydrogen) atoms. The monoisotopic (exact) mass is 572 g/mol. The van der Waals surface area contributed by atoms with Crippen LogP contribution in [0.1, 0.15) is 149 Å². The van der Waals surface area contributed by atoms with E-state index in [1.807, 2.05) is 0 Å². The molecule has 0 saturated carbocycles. The predicted molar refractivity (Wildman–Crippen MR) is 157 cm³/mol. The number of hydrogen-bond donors (Lipinski definition) is 0. The van der Waals surface area contributed by atoms with Crippen LogP contribution < -0.4 is 0 Å². The van der Waals surface area contributed by atoms with Crippen molar-refractivity contribution in [1.82, 2.24) is 0 Å². The number of benzene rings is 2. The first-order valence-electron chi connectivity index (χ1n) is 13.9. The molecule has 0 spiro atoms. The third-order valence-electron chi connectivity index (χ3n) is 8.40. The molecule has 2 aliphatic rings. The zero-order chi connectivity index (χ0) is 25.6. The summed E-state index contributed by atoms with van der Waals surface area (Å²) in [6.45, 7) is 23.5. The quantitative estimate of drug-likeness (QED) is 0.276. The van der Waals surface area contributed by atoms with Crippen LogP contribution in [0.5, 0.6) is 0 Å². The Balaban J connectivity index is 0.00000361. The zero-order valence-electron chi connectivity index (χ0n) is 24.3. The second-order valence-electron chi connectivity index (χ2n) is 12.3. The summed E-state index contributed by atoms with van der Waals surface area (Å²) in [5, 5.41) is 0. The van der Waals surface area contributed by atoms with Gasteiger partial charge in [-0.05, 0) is 82.0 Å². The standard InChI is InChI=1S/C34H46Si.Zr/c1-19(2)25-11-13-27-29(33(25)21(5)6)15-23(9)31(27)17-35-18-32-24(10)16-30-28(32)14-12-26(20(3)4)34(30)22(7)8;/h11-16,19-22,31-32H,17-18H2,1-10H3;. The molecule has 0 fully saturated rings. The van der Waals surface area contributed by atoms with E-state index in [2.05, 4.69) is 106 Å². The number of allylic oxidation sites excluding steroid dienone is 2. The summed E-state index contributed by atoms with van der Waals surface area (Å²) in [7, 11) is 0.982. The molecular weight excluding hydrogens is 528 g/mol. The molecule has 2 radical (unpaired) electrons. The molecule has 2 atom stereocenters. The van der Waals surface area contributed by atoms with Crippen molar-refractivity contribution in [2.45, 2.75) is 117 Å². The summed E-state index contributed by atoms with van der Waals surface area (Å²) >= 11 is 0. The van der Waals surface area contributed by atoms with Gasteiger partial charge in [-0.15, -0.1) is 0 Å². The van der Waals surface area contributed by atoms with Crippen LogP contribution in [0.2, 0.25) is 12.1 Å². The summed E-state index contributed by atoms with van der Waals surface area (Å²) in [5.74, 6) is 3.50. The molecule has 0 amide bonds. The Morgan fingerprint density at radius 3 is 1.25 bits per heavy atom. The van der Waals surface area contributed by atoms with Crippen molar-refractivity contribution in [2.24, 2.45) is 0 Å². The first-order valence-corrected chi connectivity index (χ1v) is 15.3. The molecule has 0 nitrogen and oxygen atoms in total. The molecule has 0 heterocycles. The first kappa shape index (κ1) is 29.6. The van der Waals surface area contributed by atoms with Gasteiger partial charge in [-0.3, -0.25) is 0 Å². The summed E-state index contributed by atoms with van der Waals surface area (Å²) in [4.78, 5) is 0. The summed E-state index contributed by atoms with van der Waals surface area (Å²) in [5.41, 5.74) is 15.7. The number of rotatable bonds is 8. The van der Waals surface area contributed by atoms with Crippen molar-refractivity contribution in [3.05, 3.63) is 79.9 Å². The summed E-state index contributed by atoms with van der Waals surface area (Å²) < 4.78 is 0. The van der Waals surface area contributed by atoms with Crippen LogP contribution in [0.3, 0.4) is 0 Å². The van der Waals surface area contributed by atoms with E-state index in [0.717, 1.165) is 9.52 Å². The Labute approximate surface area is 243 Å². The van der Waals surface area contributed by atoms with Gasteiger partial charge in [-0.25, -0.2) is 0 Å². The van der Waals surface area contributed by atoms with Crippen LogP contribution in [0, 0.1) is 0 Å². The minimum Gasteiger partial charge on any atom is -0.0655 e. The van der Waals surface area contributed by atoms with Crippen molar-refractivity contribution in [3.63, 3.8) is 0 Å². The Hall–Kier alpha value is -0.980. The zero-order valence-corrected chi connectivity index (χ0v) is 27.8. The molecule has 0 bridgehead atoms. The van der Waals surface area contributed by atoms with Crippen molar-refractivity contribution in [2.75, 3.05) is 0 Å². The van der Waals surface area contributed by atoms with Crippen molar-refractivity contribution in [3.8, 4) is 0 Å². The SMILES string of the molecule is CC1=Cc2c(ccc(C(C)C)c2C(C)C)C1C[Si]CC1C(C)=Cc2c1ccc(C(C)C)c2C(C)C.[Zr]. The van der Waals surface area contributed by atoms with Gasteiger partial charge in [0.2, 0.25) is 0 Å². The average molecular weight is 574 g/mol. The molecule has 4 rings (SSSR count). The Morgan fingerprint density at radius 2 is 0.944 bits per heavy atom. The second kappa shape index (κ2) is 11.8. The van der Waals surface area contributed by atoms with E-state index in [0.29, 0.717) is 35.5 Å². The van der Waals surface area contributed by atoms with Crippen LogP contribution in [0.4, 0.5) is 0 Å². The fraction of sp³-hybridized carbons (Fsp3) is 0.529. The molecule has 190 valence electrons. The van der Waals surface area contributed by atoms with Crippen LogP contribution in [-0.4, -0.2) is 9.52 Å². The molecule has 0 N–H and O–H groups in total. The van der Waals surface area contributed by atoms with Crippen LogP contribution in [0.25, 0.3) is 12.2 Å². The van der Waals surface area contributed by atoms with E-state index in [-0.39, 0.29) is 26.2 Å². The van der Waals surface area contributed by atoms with Gasteiger partial charge in [-0.2, -0.15) is 0 Å². The third kappa shape index (κ3) is 5.42. The minimum absolute atomic E-state index is 0. The third-order valence-corrected chi connectivity index (χ3v) is 9.79. The smallest absolute Gasteiger partial charge is 0.0397 e. The maximum absolute atomic E-state index is 2.52. The predicted octanol–water partition coefficient (Wildman–Crippen LogP) is 10.4.